The third-order valence-electron chi connectivity index (χ3n) is 4.23. The summed E-state index contributed by atoms with van der Waals surface area (Å²) >= 11 is 6.57. The van der Waals surface area contributed by atoms with E-state index in [1.54, 1.807) is 6.07 Å². The lowest BCUT2D eigenvalue weighted by Gasteiger charge is -2.18. The first kappa shape index (κ1) is 21.8. The highest BCUT2D eigenvalue weighted by molar-refractivity contribution is 9.10. The number of hydrogen-bond donors (Lipinski definition) is 1. The Hall–Kier alpha value is -1.93. The predicted molar refractivity (Wildman–Crippen MR) is 134 cm³/mol. The van der Waals surface area contributed by atoms with Crippen LogP contribution in [0.4, 0.5) is 0 Å². The summed E-state index contributed by atoms with van der Waals surface area (Å²) in [5.41, 5.74) is 0.898. The minimum absolute atomic E-state index is 0.333. The van der Waals surface area contributed by atoms with Gasteiger partial charge in [0, 0.05) is 15.4 Å². The molecule has 1 nitrogen and oxygen atoms in total. The highest BCUT2D eigenvalue weighted by atomic mass is 79.9. The van der Waals surface area contributed by atoms with E-state index in [0.29, 0.717) is 11.1 Å². The molecule has 4 rings (SSSR count). The molecule has 0 atom stereocenters. The van der Waals surface area contributed by atoms with E-state index < -0.39 is 7.92 Å². The third-order valence-corrected chi connectivity index (χ3v) is 7.77. The number of alkyl halides is 1. The zero-order valence-electron chi connectivity index (χ0n) is 15.7. The van der Waals surface area contributed by atoms with Gasteiger partial charge in [0.1, 0.15) is 5.75 Å². The standard InChI is InChI=1S/C18H15P.C7H6Br2O/c1-4-10-16(11-5-1)19(17-12-6-2-7-13-17)18-14-8-3-9-15-18;8-4-5-3-6(9)1-2-7(5)10/h1-15H;1-3,10H,4H2. The van der Waals surface area contributed by atoms with Gasteiger partial charge < -0.3 is 5.11 Å². The van der Waals surface area contributed by atoms with Gasteiger partial charge in [-0.1, -0.05) is 123 Å². The maximum atomic E-state index is 9.18. The Balaban J connectivity index is 0.000000204. The number of benzene rings is 4. The van der Waals surface area contributed by atoms with Crippen LogP contribution in [0.25, 0.3) is 0 Å². The normalized spacial score (nSPS) is 10.3. The van der Waals surface area contributed by atoms with Crippen LogP contribution in [0.3, 0.4) is 0 Å². The van der Waals surface area contributed by atoms with E-state index in [4.69, 9.17) is 0 Å². The van der Waals surface area contributed by atoms with Crippen LogP contribution in [0.2, 0.25) is 0 Å². The van der Waals surface area contributed by atoms with Crippen molar-refractivity contribution in [3.8, 4) is 5.75 Å². The lowest BCUT2D eigenvalue weighted by molar-refractivity contribution is 0.470. The fourth-order valence-electron chi connectivity index (χ4n) is 2.84. The van der Waals surface area contributed by atoms with E-state index in [0.717, 1.165) is 10.0 Å². The minimum Gasteiger partial charge on any atom is -0.508 e. The molecule has 0 amide bonds. The summed E-state index contributed by atoms with van der Waals surface area (Å²) in [6.45, 7) is 0. The molecule has 4 heteroatoms. The maximum absolute atomic E-state index is 9.18. The second kappa shape index (κ2) is 11.3. The first-order valence-electron chi connectivity index (χ1n) is 9.17. The van der Waals surface area contributed by atoms with Gasteiger partial charge in [-0.2, -0.15) is 0 Å². The average Bonchev–Trinajstić information content (AvgIpc) is 2.78. The van der Waals surface area contributed by atoms with Crippen LogP contribution in [-0.2, 0) is 5.33 Å². The Morgan fingerprint density at radius 1 is 0.621 bits per heavy atom. The molecule has 0 fully saturated rings. The van der Waals surface area contributed by atoms with Crippen LogP contribution in [0.5, 0.6) is 5.75 Å². The summed E-state index contributed by atoms with van der Waals surface area (Å²) in [4.78, 5) is 0. The molecule has 0 aliphatic heterocycles. The third kappa shape index (κ3) is 6.27. The number of phenolic OH excluding ortho intramolecular Hbond substituents is 1. The van der Waals surface area contributed by atoms with Gasteiger partial charge in [-0.25, -0.2) is 0 Å². The molecular weight excluding hydrogens is 507 g/mol. The Kier molecular flexibility index (Phi) is 8.49. The maximum Gasteiger partial charge on any atom is 0.119 e. The van der Waals surface area contributed by atoms with Gasteiger partial charge in [0.05, 0.1) is 0 Å². The quantitative estimate of drug-likeness (QED) is 0.237. The molecule has 0 aliphatic rings. The molecule has 0 aromatic heterocycles. The van der Waals surface area contributed by atoms with Crippen LogP contribution < -0.4 is 15.9 Å². The average molecular weight is 528 g/mol. The van der Waals surface area contributed by atoms with Crippen molar-refractivity contribution in [1.29, 1.82) is 0 Å². The van der Waals surface area contributed by atoms with E-state index in [2.05, 4.69) is 123 Å². The van der Waals surface area contributed by atoms with Crippen molar-refractivity contribution >= 4 is 55.7 Å². The SMILES string of the molecule is Oc1ccc(Br)cc1CBr.c1ccc(P(c2ccccc2)c2ccccc2)cc1. The number of rotatable bonds is 4. The molecule has 29 heavy (non-hydrogen) atoms. The fourth-order valence-corrected chi connectivity index (χ4v) is 6.00. The molecule has 4 aromatic carbocycles. The molecule has 0 aliphatic carbocycles. The Bertz CT molecular complexity index is 915. The van der Waals surface area contributed by atoms with Crippen molar-refractivity contribution in [3.63, 3.8) is 0 Å². The van der Waals surface area contributed by atoms with Crippen LogP contribution in [0.1, 0.15) is 5.56 Å². The number of halogens is 2. The van der Waals surface area contributed by atoms with Crippen LogP contribution >= 0.6 is 39.8 Å². The summed E-state index contributed by atoms with van der Waals surface area (Å²) in [6, 6.07) is 37.7. The smallest absolute Gasteiger partial charge is 0.119 e. The lowest BCUT2D eigenvalue weighted by Crippen LogP contribution is -2.20. The van der Waals surface area contributed by atoms with Gasteiger partial charge >= 0.3 is 0 Å². The lowest BCUT2D eigenvalue weighted by atomic mass is 10.2. The summed E-state index contributed by atoms with van der Waals surface area (Å²) in [6.07, 6.45) is 0. The molecule has 0 saturated carbocycles. The number of aromatic hydroxyl groups is 1. The van der Waals surface area contributed by atoms with E-state index >= 15 is 0 Å². The van der Waals surface area contributed by atoms with Crippen molar-refractivity contribution in [2.45, 2.75) is 5.33 Å². The number of phenols is 1. The summed E-state index contributed by atoms with van der Waals surface area (Å²) < 4.78 is 0.986. The molecule has 0 heterocycles. The molecule has 0 bridgehead atoms. The van der Waals surface area contributed by atoms with Gasteiger partial charge in [0.25, 0.3) is 0 Å². The molecule has 0 saturated heterocycles. The van der Waals surface area contributed by atoms with E-state index in [1.807, 2.05) is 12.1 Å². The van der Waals surface area contributed by atoms with Crippen molar-refractivity contribution in [2.75, 3.05) is 0 Å². The Morgan fingerprint density at radius 3 is 1.38 bits per heavy atom. The van der Waals surface area contributed by atoms with Crippen LogP contribution in [-0.4, -0.2) is 5.11 Å². The van der Waals surface area contributed by atoms with Gasteiger partial charge in [-0.3, -0.25) is 0 Å². The zero-order chi connectivity index (χ0) is 20.5. The van der Waals surface area contributed by atoms with Crippen LogP contribution in [0.15, 0.2) is 114 Å². The fraction of sp³-hybridized carbons (Fsp3) is 0.0400. The monoisotopic (exact) mass is 526 g/mol. The first-order valence-corrected chi connectivity index (χ1v) is 12.4. The molecule has 146 valence electrons. The minimum atomic E-state index is -0.446. The van der Waals surface area contributed by atoms with Gasteiger partial charge in [0.15, 0.2) is 0 Å². The molecule has 0 spiro atoms. The Labute approximate surface area is 190 Å². The second-order valence-electron chi connectivity index (χ2n) is 6.25. The Morgan fingerprint density at radius 2 is 1.03 bits per heavy atom. The zero-order valence-corrected chi connectivity index (χ0v) is 19.8. The molecule has 4 aromatic rings. The topological polar surface area (TPSA) is 20.2 Å². The molecular formula is C25H21Br2OP. The summed E-state index contributed by atoms with van der Waals surface area (Å²) in [5, 5.41) is 14.1. The van der Waals surface area contributed by atoms with Gasteiger partial charge in [-0.05, 0) is 42.0 Å². The van der Waals surface area contributed by atoms with E-state index in [-0.39, 0.29) is 0 Å². The molecule has 1 N–H and O–H groups in total. The van der Waals surface area contributed by atoms with Crippen molar-refractivity contribution in [3.05, 3.63) is 119 Å². The van der Waals surface area contributed by atoms with Gasteiger partial charge in [0.2, 0.25) is 0 Å². The first-order chi connectivity index (χ1) is 14.2. The number of hydrogen-bond acceptors (Lipinski definition) is 1. The summed E-state index contributed by atoms with van der Waals surface area (Å²) in [5.74, 6) is 0.333. The predicted octanol–water partition coefficient (Wildman–Crippen LogP) is 6.49. The molecule has 0 radical (unpaired) electrons. The second-order valence-corrected chi connectivity index (χ2v) is 9.95. The largest absolute Gasteiger partial charge is 0.508 e. The van der Waals surface area contributed by atoms with E-state index in [1.165, 1.54) is 15.9 Å². The highest BCUT2D eigenvalue weighted by Crippen LogP contribution is 2.32. The van der Waals surface area contributed by atoms with Crippen molar-refractivity contribution < 1.29 is 5.11 Å². The van der Waals surface area contributed by atoms with Crippen LogP contribution in [0, 0.1) is 0 Å². The molecule has 0 unspecified atom stereocenters. The summed E-state index contributed by atoms with van der Waals surface area (Å²) in [7, 11) is -0.446. The van der Waals surface area contributed by atoms with Crippen molar-refractivity contribution in [2.24, 2.45) is 0 Å². The highest BCUT2D eigenvalue weighted by Gasteiger charge is 2.14. The van der Waals surface area contributed by atoms with Crippen molar-refractivity contribution in [1.82, 2.24) is 0 Å². The van der Waals surface area contributed by atoms with Gasteiger partial charge in [-0.15, -0.1) is 0 Å². The van der Waals surface area contributed by atoms with E-state index in [9.17, 15) is 5.11 Å².